The highest BCUT2D eigenvalue weighted by Crippen LogP contribution is 2.43. The van der Waals surface area contributed by atoms with Gasteiger partial charge in [-0.25, -0.2) is 4.99 Å². The monoisotopic (exact) mass is 251 g/mol. The first-order valence-electron chi connectivity index (χ1n) is 7.16. The molecule has 0 atom stereocenters. The van der Waals surface area contributed by atoms with Gasteiger partial charge in [0.05, 0.1) is 11.1 Å². The van der Waals surface area contributed by atoms with E-state index in [0.717, 1.165) is 11.8 Å². The van der Waals surface area contributed by atoms with E-state index in [1.807, 2.05) is 0 Å². The number of hydrogen-bond donors (Lipinski definition) is 0. The van der Waals surface area contributed by atoms with Crippen molar-refractivity contribution < 1.29 is 0 Å². The highest BCUT2D eigenvalue weighted by atomic mass is 14.8. The van der Waals surface area contributed by atoms with Crippen LogP contribution in [0.1, 0.15) is 40.5 Å². The summed E-state index contributed by atoms with van der Waals surface area (Å²) in [6, 6.07) is 8.51. The molecule has 0 fully saturated rings. The van der Waals surface area contributed by atoms with Gasteiger partial charge in [0.15, 0.2) is 0 Å². The summed E-state index contributed by atoms with van der Waals surface area (Å²) in [5, 5.41) is 2.44. The van der Waals surface area contributed by atoms with Gasteiger partial charge in [-0.15, -0.1) is 0 Å². The van der Waals surface area contributed by atoms with Crippen LogP contribution in [0.5, 0.6) is 0 Å². The molecule has 0 radical (unpaired) electrons. The van der Waals surface area contributed by atoms with Crippen LogP contribution >= 0.6 is 0 Å². The molecule has 2 aliphatic rings. The lowest BCUT2D eigenvalue weighted by atomic mass is 9.74. The van der Waals surface area contributed by atoms with Gasteiger partial charge in [0.2, 0.25) is 0 Å². The molecule has 0 bridgehead atoms. The third-order valence-corrected chi connectivity index (χ3v) is 4.39. The number of hydrogen-bond acceptors (Lipinski definition) is 1. The molecule has 0 saturated carbocycles. The predicted molar refractivity (Wildman–Crippen MR) is 80.1 cm³/mol. The van der Waals surface area contributed by atoms with E-state index in [-0.39, 0.29) is 5.41 Å². The smallest absolute Gasteiger partial charge is 0.0716 e. The maximum Gasteiger partial charge on any atom is 0.0716 e. The van der Waals surface area contributed by atoms with Crippen molar-refractivity contribution in [2.45, 2.75) is 40.5 Å². The van der Waals surface area contributed by atoms with E-state index >= 15 is 0 Å². The van der Waals surface area contributed by atoms with Crippen molar-refractivity contribution in [3.63, 3.8) is 0 Å². The number of rotatable bonds is 2. The van der Waals surface area contributed by atoms with Crippen LogP contribution in [0.15, 0.2) is 52.2 Å². The lowest BCUT2D eigenvalue weighted by Gasteiger charge is -2.31. The highest BCUT2D eigenvalue weighted by Gasteiger charge is 2.31. The van der Waals surface area contributed by atoms with Crippen molar-refractivity contribution in [3.05, 3.63) is 57.8 Å². The first-order valence-corrected chi connectivity index (χ1v) is 7.16. The second kappa shape index (κ2) is 4.19. The lowest BCUT2D eigenvalue weighted by Crippen LogP contribution is -2.24. The van der Waals surface area contributed by atoms with Crippen LogP contribution in [0.25, 0.3) is 5.57 Å². The Morgan fingerprint density at radius 1 is 1.16 bits per heavy atom. The largest absolute Gasteiger partial charge is 0.248 e. The molecule has 0 aromatic heterocycles. The van der Waals surface area contributed by atoms with Crippen LogP contribution in [-0.4, -0.2) is 0 Å². The molecule has 1 heterocycles. The van der Waals surface area contributed by atoms with Crippen molar-refractivity contribution in [1.29, 1.82) is 0 Å². The Balaban J connectivity index is 2.36. The van der Waals surface area contributed by atoms with E-state index in [2.05, 4.69) is 58.0 Å². The molecular weight excluding hydrogens is 230 g/mol. The van der Waals surface area contributed by atoms with Crippen LogP contribution in [0.3, 0.4) is 0 Å². The second-order valence-electron chi connectivity index (χ2n) is 6.11. The van der Waals surface area contributed by atoms with Crippen molar-refractivity contribution in [2.24, 2.45) is 10.4 Å². The average Bonchev–Trinajstić information content (AvgIpc) is 2.71. The molecule has 1 heteroatoms. The van der Waals surface area contributed by atoms with Crippen LogP contribution < -0.4 is 10.6 Å². The summed E-state index contributed by atoms with van der Waals surface area (Å²) < 4.78 is 0. The zero-order chi connectivity index (χ0) is 13.6. The molecule has 0 spiro atoms. The number of benzene rings is 1. The zero-order valence-electron chi connectivity index (χ0n) is 12.2. The number of fused-ring (bicyclic) bond motifs is 2. The first-order chi connectivity index (χ1) is 9.04. The van der Waals surface area contributed by atoms with Gasteiger partial charge in [0, 0.05) is 16.2 Å². The molecule has 1 nitrogen and oxygen atoms in total. The van der Waals surface area contributed by atoms with Crippen LogP contribution in [0.4, 0.5) is 0 Å². The summed E-state index contributed by atoms with van der Waals surface area (Å²) in [6.45, 7) is 9.12. The van der Waals surface area contributed by atoms with Gasteiger partial charge >= 0.3 is 0 Å². The number of allylic oxidation sites excluding steroid dienone is 3. The van der Waals surface area contributed by atoms with Crippen LogP contribution in [0, 0.1) is 5.41 Å². The van der Waals surface area contributed by atoms with Crippen LogP contribution in [0.2, 0.25) is 0 Å². The molecule has 3 rings (SSSR count). The maximum atomic E-state index is 4.83. The SMILES string of the molecule is CCCC1=C(C)C(C)(C)C=C2N=c3ccccc3=C21. The van der Waals surface area contributed by atoms with Crippen molar-refractivity contribution in [3.8, 4) is 0 Å². The molecule has 0 amide bonds. The van der Waals surface area contributed by atoms with E-state index < -0.39 is 0 Å². The minimum Gasteiger partial charge on any atom is -0.248 e. The summed E-state index contributed by atoms with van der Waals surface area (Å²) in [5.74, 6) is 0. The summed E-state index contributed by atoms with van der Waals surface area (Å²) >= 11 is 0. The third-order valence-electron chi connectivity index (χ3n) is 4.39. The Bertz CT molecular complexity index is 714. The van der Waals surface area contributed by atoms with E-state index in [9.17, 15) is 0 Å². The van der Waals surface area contributed by atoms with E-state index in [4.69, 9.17) is 4.99 Å². The van der Waals surface area contributed by atoms with Gasteiger partial charge in [0.1, 0.15) is 0 Å². The molecule has 1 aromatic rings. The van der Waals surface area contributed by atoms with Crippen molar-refractivity contribution >= 4 is 5.57 Å². The normalized spacial score (nSPS) is 19.8. The minimum atomic E-state index is 0.120. The summed E-state index contributed by atoms with van der Waals surface area (Å²) in [5.41, 5.74) is 5.70. The van der Waals surface area contributed by atoms with Gasteiger partial charge in [-0.2, -0.15) is 0 Å². The number of para-hydroxylation sites is 1. The van der Waals surface area contributed by atoms with Gasteiger partial charge in [-0.1, -0.05) is 51.0 Å². The average molecular weight is 251 g/mol. The Hall–Kier alpha value is -1.63. The third kappa shape index (κ3) is 1.80. The molecule has 1 aliphatic carbocycles. The Labute approximate surface area is 115 Å². The molecule has 0 N–H and O–H groups in total. The Morgan fingerprint density at radius 2 is 1.89 bits per heavy atom. The first kappa shape index (κ1) is 12.4. The molecular formula is C18H21N. The van der Waals surface area contributed by atoms with E-state index in [0.29, 0.717) is 0 Å². The molecule has 0 unspecified atom stereocenters. The molecule has 19 heavy (non-hydrogen) atoms. The van der Waals surface area contributed by atoms with Gasteiger partial charge in [-0.3, -0.25) is 0 Å². The topological polar surface area (TPSA) is 12.4 Å². The second-order valence-corrected chi connectivity index (χ2v) is 6.11. The Kier molecular flexibility index (Phi) is 2.74. The fourth-order valence-corrected chi connectivity index (χ4v) is 3.12. The molecule has 98 valence electrons. The fourth-order valence-electron chi connectivity index (χ4n) is 3.12. The quantitative estimate of drug-likeness (QED) is 0.762. The van der Waals surface area contributed by atoms with Gasteiger partial charge in [0.25, 0.3) is 0 Å². The summed E-state index contributed by atoms with van der Waals surface area (Å²) in [6.07, 6.45) is 4.66. The molecule has 0 saturated heterocycles. The summed E-state index contributed by atoms with van der Waals surface area (Å²) in [4.78, 5) is 4.83. The number of nitrogens with zero attached hydrogens (tertiary/aromatic N) is 1. The van der Waals surface area contributed by atoms with Crippen molar-refractivity contribution in [2.75, 3.05) is 0 Å². The van der Waals surface area contributed by atoms with Crippen LogP contribution in [-0.2, 0) is 0 Å². The highest BCUT2D eigenvalue weighted by molar-refractivity contribution is 5.82. The summed E-state index contributed by atoms with van der Waals surface area (Å²) in [7, 11) is 0. The fraction of sp³-hybridized carbons (Fsp3) is 0.389. The maximum absolute atomic E-state index is 4.83. The lowest BCUT2D eigenvalue weighted by molar-refractivity contribution is 0.561. The van der Waals surface area contributed by atoms with E-state index in [1.165, 1.54) is 34.1 Å². The van der Waals surface area contributed by atoms with Gasteiger partial charge in [-0.05, 0) is 31.1 Å². The Morgan fingerprint density at radius 3 is 2.63 bits per heavy atom. The van der Waals surface area contributed by atoms with Gasteiger partial charge < -0.3 is 0 Å². The molecule has 1 aliphatic heterocycles. The van der Waals surface area contributed by atoms with Crippen molar-refractivity contribution in [1.82, 2.24) is 0 Å². The standard InChI is InChI=1S/C18H21N/c1-5-8-13-12(2)18(3,4)11-16-17(13)14-9-6-7-10-15(14)19-16/h6-7,9-11H,5,8H2,1-4H3. The zero-order valence-corrected chi connectivity index (χ0v) is 12.2. The molecule has 1 aromatic carbocycles. The minimum absolute atomic E-state index is 0.120. The van der Waals surface area contributed by atoms with E-state index in [1.54, 1.807) is 0 Å². The predicted octanol–water partition coefficient (Wildman–Crippen LogP) is 3.51.